The molecule has 11 rings (SSSR count). The van der Waals surface area contributed by atoms with Gasteiger partial charge in [-0.1, -0.05) is 135 Å². The Balaban J connectivity index is 1.08. The zero-order chi connectivity index (χ0) is 42.1. The summed E-state index contributed by atoms with van der Waals surface area (Å²) < 4.78 is 4.60. The van der Waals surface area contributed by atoms with E-state index in [-0.39, 0.29) is 0 Å². The van der Waals surface area contributed by atoms with Crippen LogP contribution in [0.1, 0.15) is 34.7 Å². The molecule has 11 aromatic rings. The molecule has 4 nitrogen and oxygen atoms in total. The molecule has 0 fully saturated rings. The predicted molar refractivity (Wildman–Crippen MR) is 266 cm³/mol. The summed E-state index contributed by atoms with van der Waals surface area (Å²) >= 11 is 0. The van der Waals surface area contributed by atoms with Gasteiger partial charge in [0.1, 0.15) is 11.5 Å². The first-order valence-electron chi connectivity index (χ1n) is 21.0. The van der Waals surface area contributed by atoms with E-state index in [4.69, 9.17) is 9.97 Å². The van der Waals surface area contributed by atoms with E-state index in [0.717, 1.165) is 106 Å². The lowest BCUT2D eigenvalue weighted by Crippen LogP contribution is -1.98. The molecule has 0 N–H and O–H groups in total. The van der Waals surface area contributed by atoms with E-state index in [1.54, 1.807) is 0 Å². The van der Waals surface area contributed by atoms with Crippen molar-refractivity contribution < 1.29 is 0 Å². The Morgan fingerprint density at radius 3 is 1.81 bits per heavy atom. The van der Waals surface area contributed by atoms with Crippen LogP contribution in [0.3, 0.4) is 0 Å². The molecule has 0 spiro atoms. The Labute approximate surface area is 360 Å². The molecule has 0 bridgehead atoms. The number of rotatable bonds is 8. The molecule has 0 unspecified atom stereocenters. The largest absolute Gasteiger partial charge is 0.309 e. The van der Waals surface area contributed by atoms with Gasteiger partial charge in [-0.3, -0.25) is 4.40 Å². The molecule has 8 aromatic carbocycles. The lowest BCUT2D eigenvalue weighted by atomic mass is 9.83. The number of benzene rings is 8. The summed E-state index contributed by atoms with van der Waals surface area (Å²) in [6, 6.07) is 54.4. The Bertz CT molecular complexity index is 3710. The number of nitrogens with zero attached hydrogens (tertiary/aromatic N) is 4. The van der Waals surface area contributed by atoms with Crippen LogP contribution in [-0.4, -0.2) is 18.9 Å². The van der Waals surface area contributed by atoms with E-state index in [0.29, 0.717) is 0 Å². The van der Waals surface area contributed by atoms with Gasteiger partial charge in [-0.2, -0.15) is 0 Å². The first-order chi connectivity index (χ1) is 30.5. The standard InChI is InChI=1S/C58H42N4/c1-6-16-39-34-40(25-24-37(39)7-2)56-44(9-4)43(8-3)55(45-17-10-11-18-46(45)56)38-26-29-42(30-27-38)61-52-31-23-36(5)33-48(52)49-35-41(28-32-53(49)61)57-59-50-20-13-12-19-47(50)58-60-51-21-14-15-22-54(51)62(57)58/h6-35H,2-4H2,1,5H3/b16-6-. The average molecular weight is 795 g/mol. The summed E-state index contributed by atoms with van der Waals surface area (Å²) in [5, 5.41) is 5.73. The Morgan fingerprint density at radius 1 is 0.484 bits per heavy atom. The Kier molecular flexibility index (Phi) is 8.69. The van der Waals surface area contributed by atoms with E-state index in [9.17, 15) is 0 Å². The van der Waals surface area contributed by atoms with Crippen LogP contribution in [0.25, 0.3) is 124 Å². The highest BCUT2D eigenvalue weighted by Gasteiger charge is 2.21. The molecule has 0 saturated carbocycles. The number of aromatic nitrogens is 4. The summed E-state index contributed by atoms with van der Waals surface area (Å²) in [5.41, 5.74) is 18.3. The third kappa shape index (κ3) is 5.61. The normalized spacial score (nSPS) is 11.8. The highest BCUT2D eigenvalue weighted by atomic mass is 15.1. The maximum Gasteiger partial charge on any atom is 0.149 e. The molecule has 0 aliphatic rings. The first kappa shape index (κ1) is 37.0. The number of allylic oxidation sites excluding steroid dienone is 1. The van der Waals surface area contributed by atoms with Crippen LogP contribution in [0.5, 0.6) is 0 Å². The van der Waals surface area contributed by atoms with Gasteiger partial charge in [0.2, 0.25) is 0 Å². The van der Waals surface area contributed by atoms with Crippen molar-refractivity contribution >= 4 is 84.5 Å². The van der Waals surface area contributed by atoms with Crippen LogP contribution in [0.4, 0.5) is 0 Å². The van der Waals surface area contributed by atoms with Crippen LogP contribution in [0, 0.1) is 6.92 Å². The fraction of sp³-hybridized carbons (Fsp3) is 0.0345. The van der Waals surface area contributed by atoms with E-state index in [2.05, 4.69) is 187 Å². The minimum Gasteiger partial charge on any atom is -0.309 e. The van der Waals surface area contributed by atoms with Gasteiger partial charge in [-0.25, -0.2) is 9.97 Å². The maximum absolute atomic E-state index is 5.29. The summed E-state index contributed by atoms with van der Waals surface area (Å²) in [7, 11) is 0. The number of imidazole rings is 1. The highest BCUT2D eigenvalue weighted by molar-refractivity contribution is 6.13. The summed E-state index contributed by atoms with van der Waals surface area (Å²) in [6.45, 7) is 17.0. The molecule has 0 radical (unpaired) electrons. The van der Waals surface area contributed by atoms with Gasteiger partial charge >= 0.3 is 0 Å². The fourth-order valence-corrected chi connectivity index (χ4v) is 9.64. The summed E-state index contributed by atoms with van der Waals surface area (Å²) in [4.78, 5) is 10.4. The summed E-state index contributed by atoms with van der Waals surface area (Å²) in [6.07, 6.45) is 10.1. The fourth-order valence-electron chi connectivity index (χ4n) is 9.64. The average Bonchev–Trinajstić information content (AvgIpc) is 3.86. The quantitative estimate of drug-likeness (QED) is 0.154. The van der Waals surface area contributed by atoms with Gasteiger partial charge in [-0.05, 0) is 142 Å². The van der Waals surface area contributed by atoms with Crippen molar-refractivity contribution in [2.75, 3.05) is 0 Å². The number of fused-ring (bicyclic) bond motifs is 9. The molecular weight excluding hydrogens is 753 g/mol. The second-order valence-corrected chi connectivity index (χ2v) is 15.9. The highest BCUT2D eigenvalue weighted by Crippen LogP contribution is 2.44. The Hall–Kier alpha value is -8.08. The van der Waals surface area contributed by atoms with Crippen molar-refractivity contribution in [1.29, 1.82) is 0 Å². The lowest BCUT2D eigenvalue weighted by molar-refractivity contribution is 1.16. The summed E-state index contributed by atoms with van der Waals surface area (Å²) in [5.74, 6) is 0.870. The van der Waals surface area contributed by atoms with Crippen molar-refractivity contribution in [3.63, 3.8) is 0 Å². The van der Waals surface area contributed by atoms with E-state index in [1.165, 1.54) is 21.7 Å². The zero-order valence-corrected chi connectivity index (χ0v) is 34.7. The van der Waals surface area contributed by atoms with Crippen LogP contribution in [-0.2, 0) is 0 Å². The van der Waals surface area contributed by atoms with Crippen molar-refractivity contribution in [2.45, 2.75) is 13.8 Å². The predicted octanol–water partition coefficient (Wildman–Crippen LogP) is 15.6. The number of aryl methyl sites for hydroxylation is 1. The van der Waals surface area contributed by atoms with E-state index in [1.807, 2.05) is 37.3 Å². The van der Waals surface area contributed by atoms with E-state index < -0.39 is 0 Å². The number of hydrogen-bond donors (Lipinski definition) is 0. The molecule has 0 amide bonds. The molecule has 4 heteroatoms. The maximum atomic E-state index is 5.29. The molecule has 0 aliphatic heterocycles. The van der Waals surface area contributed by atoms with Gasteiger partial charge < -0.3 is 4.57 Å². The minimum absolute atomic E-state index is 0.870. The van der Waals surface area contributed by atoms with Crippen LogP contribution in [0.2, 0.25) is 0 Å². The topological polar surface area (TPSA) is 35.1 Å². The van der Waals surface area contributed by atoms with Gasteiger partial charge in [0.05, 0.1) is 27.6 Å². The third-order valence-electron chi connectivity index (χ3n) is 12.4. The monoisotopic (exact) mass is 794 g/mol. The molecule has 0 saturated heterocycles. The molecule has 0 aliphatic carbocycles. The minimum atomic E-state index is 0.870. The smallest absolute Gasteiger partial charge is 0.149 e. The zero-order valence-electron chi connectivity index (χ0n) is 34.7. The van der Waals surface area contributed by atoms with Crippen molar-refractivity contribution in [3.05, 3.63) is 205 Å². The molecular formula is C58H42N4. The first-order valence-corrected chi connectivity index (χ1v) is 21.0. The molecule has 3 aromatic heterocycles. The Morgan fingerprint density at radius 2 is 1.10 bits per heavy atom. The van der Waals surface area contributed by atoms with Crippen molar-refractivity contribution in [1.82, 2.24) is 18.9 Å². The molecule has 294 valence electrons. The van der Waals surface area contributed by atoms with Crippen LogP contribution >= 0.6 is 0 Å². The molecule has 62 heavy (non-hydrogen) atoms. The van der Waals surface area contributed by atoms with Crippen molar-refractivity contribution in [2.24, 2.45) is 0 Å². The SMILES string of the molecule is C=Cc1ccc(-c2c(C=C)c(C=C)c(-c3ccc(-n4c5ccc(C)cc5c5cc(-c6nc7ccccc7c7nc8ccccc8n67)ccc54)cc3)c3ccccc23)cc1/C=C\C. The number of para-hydroxylation sites is 3. The van der Waals surface area contributed by atoms with E-state index >= 15 is 0 Å². The number of hydrogen-bond acceptors (Lipinski definition) is 2. The van der Waals surface area contributed by atoms with Crippen LogP contribution in [0.15, 0.2) is 177 Å². The van der Waals surface area contributed by atoms with Gasteiger partial charge in [0.25, 0.3) is 0 Å². The van der Waals surface area contributed by atoms with Crippen molar-refractivity contribution in [3.8, 4) is 39.3 Å². The molecule has 0 atom stereocenters. The third-order valence-corrected chi connectivity index (χ3v) is 12.4. The second-order valence-electron chi connectivity index (χ2n) is 15.9. The second kappa shape index (κ2) is 14.6. The van der Waals surface area contributed by atoms with Crippen LogP contribution < -0.4 is 0 Å². The van der Waals surface area contributed by atoms with Gasteiger partial charge in [-0.15, -0.1) is 0 Å². The lowest BCUT2D eigenvalue weighted by Gasteiger charge is -2.21. The van der Waals surface area contributed by atoms with Gasteiger partial charge in [0, 0.05) is 27.4 Å². The molecule has 3 heterocycles. The van der Waals surface area contributed by atoms with Gasteiger partial charge in [0.15, 0.2) is 0 Å².